The van der Waals surface area contributed by atoms with Crippen LogP contribution in [0.15, 0.2) is 54.6 Å². The highest BCUT2D eigenvalue weighted by Gasteiger charge is 2.10. The SMILES string of the molecule is CCOc1cc(OCC)nc(OCc2cccc(-c3ccccc3)c2C)n1. The minimum atomic E-state index is 0.244. The minimum absolute atomic E-state index is 0.244. The van der Waals surface area contributed by atoms with Crippen molar-refractivity contribution in [1.29, 1.82) is 0 Å². The third-order valence-electron chi connectivity index (χ3n) is 4.13. The van der Waals surface area contributed by atoms with Gasteiger partial charge >= 0.3 is 6.01 Å². The molecule has 3 rings (SSSR count). The summed E-state index contributed by atoms with van der Waals surface area (Å²) < 4.78 is 16.8. The topological polar surface area (TPSA) is 53.5 Å². The zero-order chi connectivity index (χ0) is 19.1. The van der Waals surface area contributed by atoms with Crippen LogP contribution in [0, 0.1) is 6.92 Å². The van der Waals surface area contributed by atoms with E-state index in [2.05, 4.69) is 41.2 Å². The van der Waals surface area contributed by atoms with E-state index in [0.29, 0.717) is 31.6 Å². The van der Waals surface area contributed by atoms with Crippen LogP contribution in [0.4, 0.5) is 0 Å². The Morgan fingerprint density at radius 3 is 2.07 bits per heavy atom. The molecular formula is C22H24N2O3. The second-order valence-corrected chi connectivity index (χ2v) is 5.94. The Labute approximate surface area is 160 Å². The van der Waals surface area contributed by atoms with Crippen molar-refractivity contribution in [3.8, 4) is 28.9 Å². The highest BCUT2D eigenvalue weighted by Crippen LogP contribution is 2.26. The highest BCUT2D eigenvalue weighted by atomic mass is 16.5. The number of nitrogens with zero attached hydrogens (tertiary/aromatic N) is 2. The van der Waals surface area contributed by atoms with Crippen molar-refractivity contribution >= 4 is 0 Å². The molecule has 0 atom stereocenters. The summed E-state index contributed by atoms with van der Waals surface area (Å²) in [6.07, 6.45) is 0. The van der Waals surface area contributed by atoms with Gasteiger partial charge in [0.25, 0.3) is 0 Å². The van der Waals surface area contributed by atoms with Crippen molar-refractivity contribution in [1.82, 2.24) is 9.97 Å². The van der Waals surface area contributed by atoms with Gasteiger partial charge in [-0.15, -0.1) is 0 Å². The first kappa shape index (κ1) is 18.7. The lowest BCUT2D eigenvalue weighted by atomic mass is 9.97. The van der Waals surface area contributed by atoms with Crippen LogP contribution < -0.4 is 14.2 Å². The summed E-state index contributed by atoms with van der Waals surface area (Å²) in [5, 5.41) is 0. The van der Waals surface area contributed by atoms with Crippen LogP contribution in [0.2, 0.25) is 0 Å². The van der Waals surface area contributed by atoms with Gasteiger partial charge in [-0.25, -0.2) is 0 Å². The zero-order valence-electron chi connectivity index (χ0n) is 15.9. The van der Waals surface area contributed by atoms with Gasteiger partial charge in [0.15, 0.2) is 0 Å². The quantitative estimate of drug-likeness (QED) is 0.573. The highest BCUT2D eigenvalue weighted by molar-refractivity contribution is 5.68. The maximum atomic E-state index is 5.86. The van der Waals surface area contributed by atoms with E-state index < -0.39 is 0 Å². The molecule has 3 aromatic rings. The summed E-state index contributed by atoms with van der Waals surface area (Å²) >= 11 is 0. The molecule has 0 bridgehead atoms. The second kappa shape index (κ2) is 9.03. The van der Waals surface area contributed by atoms with E-state index in [0.717, 1.165) is 5.56 Å². The van der Waals surface area contributed by atoms with Crippen molar-refractivity contribution in [2.24, 2.45) is 0 Å². The van der Waals surface area contributed by atoms with Crippen molar-refractivity contribution < 1.29 is 14.2 Å². The summed E-state index contributed by atoms with van der Waals surface area (Å²) in [5.41, 5.74) is 4.63. The summed E-state index contributed by atoms with van der Waals surface area (Å²) in [4.78, 5) is 8.59. The Hall–Kier alpha value is -3.08. The molecule has 1 aromatic heterocycles. The summed E-state index contributed by atoms with van der Waals surface area (Å²) in [6.45, 7) is 7.31. The van der Waals surface area contributed by atoms with Crippen molar-refractivity contribution in [2.45, 2.75) is 27.4 Å². The fraction of sp³-hybridized carbons (Fsp3) is 0.273. The fourth-order valence-electron chi connectivity index (χ4n) is 2.80. The molecule has 0 saturated carbocycles. The molecule has 0 unspecified atom stereocenters. The van der Waals surface area contributed by atoms with Gasteiger partial charge in [0.05, 0.1) is 19.3 Å². The van der Waals surface area contributed by atoms with Gasteiger partial charge in [-0.1, -0.05) is 48.5 Å². The Morgan fingerprint density at radius 2 is 1.44 bits per heavy atom. The molecule has 0 amide bonds. The van der Waals surface area contributed by atoms with Crippen LogP contribution in [0.3, 0.4) is 0 Å². The Kier molecular flexibility index (Phi) is 6.26. The molecule has 0 saturated heterocycles. The molecule has 0 radical (unpaired) electrons. The van der Waals surface area contributed by atoms with E-state index in [1.54, 1.807) is 6.07 Å². The molecule has 5 nitrogen and oxygen atoms in total. The van der Waals surface area contributed by atoms with E-state index in [9.17, 15) is 0 Å². The van der Waals surface area contributed by atoms with Gasteiger partial charge in [0.1, 0.15) is 6.61 Å². The van der Waals surface area contributed by atoms with Crippen LogP contribution >= 0.6 is 0 Å². The molecule has 1 heterocycles. The van der Waals surface area contributed by atoms with Crippen LogP contribution in [0.25, 0.3) is 11.1 Å². The van der Waals surface area contributed by atoms with Gasteiger partial charge in [-0.05, 0) is 43.0 Å². The number of ether oxygens (including phenoxy) is 3. The van der Waals surface area contributed by atoms with Gasteiger partial charge in [-0.2, -0.15) is 9.97 Å². The Morgan fingerprint density at radius 1 is 0.778 bits per heavy atom. The van der Waals surface area contributed by atoms with Crippen molar-refractivity contribution in [3.63, 3.8) is 0 Å². The standard InChI is InChI=1S/C22H24N2O3/c1-4-25-20-14-21(26-5-2)24-22(23-20)27-15-18-12-9-13-19(16(18)3)17-10-7-6-8-11-17/h6-14H,4-5,15H2,1-3H3. The van der Waals surface area contributed by atoms with Gasteiger partial charge in [0.2, 0.25) is 11.8 Å². The minimum Gasteiger partial charge on any atom is -0.478 e. The van der Waals surface area contributed by atoms with E-state index in [1.807, 2.05) is 38.1 Å². The predicted molar refractivity (Wildman–Crippen MR) is 105 cm³/mol. The van der Waals surface area contributed by atoms with Gasteiger partial charge in [-0.3, -0.25) is 0 Å². The molecule has 5 heteroatoms. The monoisotopic (exact) mass is 364 g/mol. The lowest BCUT2D eigenvalue weighted by Crippen LogP contribution is -2.05. The lowest BCUT2D eigenvalue weighted by Gasteiger charge is -2.13. The Bertz CT molecular complexity index is 858. The normalized spacial score (nSPS) is 10.5. The third-order valence-corrected chi connectivity index (χ3v) is 4.13. The summed E-state index contributed by atoms with van der Waals surface area (Å²) in [6, 6.07) is 18.4. The number of hydrogen-bond donors (Lipinski definition) is 0. The average Bonchev–Trinajstić information content (AvgIpc) is 2.68. The van der Waals surface area contributed by atoms with Crippen LogP contribution in [-0.4, -0.2) is 23.2 Å². The van der Waals surface area contributed by atoms with Gasteiger partial charge in [0, 0.05) is 0 Å². The first-order valence-corrected chi connectivity index (χ1v) is 9.12. The summed E-state index contributed by atoms with van der Waals surface area (Å²) in [7, 11) is 0. The van der Waals surface area contributed by atoms with Crippen LogP contribution in [0.1, 0.15) is 25.0 Å². The predicted octanol–water partition coefficient (Wildman–Crippen LogP) is 4.83. The van der Waals surface area contributed by atoms with Crippen molar-refractivity contribution in [2.75, 3.05) is 13.2 Å². The molecule has 0 aliphatic heterocycles. The Balaban J connectivity index is 1.81. The van der Waals surface area contributed by atoms with Crippen LogP contribution in [0.5, 0.6) is 17.8 Å². The molecule has 0 aliphatic rings. The molecule has 0 N–H and O–H groups in total. The molecule has 27 heavy (non-hydrogen) atoms. The molecule has 140 valence electrons. The van der Waals surface area contributed by atoms with E-state index >= 15 is 0 Å². The first-order chi connectivity index (χ1) is 13.2. The molecule has 0 spiro atoms. The first-order valence-electron chi connectivity index (χ1n) is 9.12. The average molecular weight is 364 g/mol. The molecule has 0 fully saturated rings. The number of rotatable bonds is 8. The van der Waals surface area contributed by atoms with Gasteiger partial charge < -0.3 is 14.2 Å². The maximum Gasteiger partial charge on any atom is 0.323 e. The number of hydrogen-bond acceptors (Lipinski definition) is 5. The summed E-state index contributed by atoms with van der Waals surface area (Å²) in [5.74, 6) is 0.890. The lowest BCUT2D eigenvalue weighted by molar-refractivity contribution is 0.252. The smallest absolute Gasteiger partial charge is 0.323 e. The van der Waals surface area contributed by atoms with E-state index in [4.69, 9.17) is 14.2 Å². The van der Waals surface area contributed by atoms with Crippen LogP contribution in [-0.2, 0) is 6.61 Å². The number of benzene rings is 2. The number of aromatic nitrogens is 2. The molecule has 0 aliphatic carbocycles. The molecule has 2 aromatic carbocycles. The van der Waals surface area contributed by atoms with E-state index in [1.165, 1.54) is 16.7 Å². The second-order valence-electron chi connectivity index (χ2n) is 5.94. The maximum absolute atomic E-state index is 5.86. The van der Waals surface area contributed by atoms with Crippen molar-refractivity contribution in [3.05, 3.63) is 65.7 Å². The van der Waals surface area contributed by atoms with E-state index in [-0.39, 0.29) is 6.01 Å². The fourth-order valence-corrected chi connectivity index (χ4v) is 2.80. The zero-order valence-corrected chi connectivity index (χ0v) is 15.9. The third kappa shape index (κ3) is 4.76. The largest absolute Gasteiger partial charge is 0.478 e. The molecular weight excluding hydrogens is 340 g/mol.